The standard InChI is InChI=1S/C37H48O11Si/c1-9-26(39)47-35-20-44-25(35)18-24(48-49(10-2,11-3)12-4)33(7)29(35)31(46-32(41)23-16-14-13-15-17-23)37(43)19-36(42)21(5)27(34(36,37)8)28(30(33)40)45-22(6)38/h9,13-17,24-25,28-29,31,42-43H,1,10-12,18-20H2,2-8H3/t24-,25+,28+,29?,31-,33+,34-,35-,36+,37+/m0/s1. The number of aliphatic hydroxyl groups is 2. The van der Waals surface area contributed by atoms with E-state index in [-0.39, 0.29) is 30.6 Å². The monoisotopic (exact) mass is 696 g/mol. The Balaban J connectivity index is 1.66. The van der Waals surface area contributed by atoms with Gasteiger partial charge in [-0.3, -0.25) is 9.59 Å². The third-order valence-electron chi connectivity index (χ3n) is 13.2. The third kappa shape index (κ3) is 4.46. The second-order valence-corrected chi connectivity index (χ2v) is 19.6. The summed E-state index contributed by atoms with van der Waals surface area (Å²) in [5.74, 6) is -4.08. The molecule has 2 N–H and O–H groups in total. The second kappa shape index (κ2) is 11.7. The minimum atomic E-state index is -2.48. The fourth-order valence-electron chi connectivity index (χ4n) is 10.0. The van der Waals surface area contributed by atoms with Gasteiger partial charge in [-0.25, -0.2) is 9.59 Å². The van der Waals surface area contributed by atoms with Crippen molar-refractivity contribution in [2.75, 3.05) is 6.61 Å². The lowest BCUT2D eigenvalue weighted by atomic mass is 9.31. The quantitative estimate of drug-likeness (QED) is 0.119. The molecular formula is C37H48O11Si. The maximum Gasteiger partial charge on any atom is 0.338 e. The first-order valence-corrected chi connectivity index (χ1v) is 19.8. The Hall–Kier alpha value is -3.16. The van der Waals surface area contributed by atoms with Gasteiger partial charge >= 0.3 is 17.9 Å². The van der Waals surface area contributed by atoms with E-state index in [1.54, 1.807) is 51.1 Å². The molecule has 266 valence electrons. The number of fused-ring (bicyclic) bond motifs is 3. The highest BCUT2D eigenvalue weighted by atomic mass is 28.4. The summed E-state index contributed by atoms with van der Waals surface area (Å²) < 4.78 is 31.8. The van der Waals surface area contributed by atoms with Crippen molar-refractivity contribution >= 4 is 32.0 Å². The van der Waals surface area contributed by atoms with E-state index in [4.69, 9.17) is 23.4 Å². The van der Waals surface area contributed by atoms with Crippen LogP contribution >= 0.6 is 0 Å². The van der Waals surface area contributed by atoms with Gasteiger partial charge in [-0.05, 0) is 62.2 Å². The van der Waals surface area contributed by atoms with Crippen LogP contribution in [0, 0.1) is 16.7 Å². The van der Waals surface area contributed by atoms with Gasteiger partial charge < -0.3 is 33.6 Å². The van der Waals surface area contributed by atoms with Gasteiger partial charge in [0, 0.05) is 25.8 Å². The van der Waals surface area contributed by atoms with E-state index in [0.29, 0.717) is 5.57 Å². The summed E-state index contributed by atoms with van der Waals surface area (Å²) in [5, 5.41) is 25.0. The minimum absolute atomic E-state index is 0.154. The molecule has 0 aromatic heterocycles. The highest BCUT2D eigenvalue weighted by Gasteiger charge is 2.88. The van der Waals surface area contributed by atoms with Crippen molar-refractivity contribution in [2.24, 2.45) is 16.7 Å². The van der Waals surface area contributed by atoms with Crippen LogP contribution in [0.1, 0.15) is 71.7 Å². The predicted octanol–water partition coefficient (Wildman–Crippen LogP) is 4.21. The molecule has 1 aliphatic heterocycles. The SMILES string of the molecule is C=CC(=O)O[C@@]12CO[C@@H]1C[C@H](O[Si](CC)(CC)CC)[C@@]1(C)C(=O)[C@H](OC(C)=O)C3=C(C)[C@]4(O)C[C@@](O)([C@@H](OC(=O)c5ccccc5)C12)[C@@]34C. The highest BCUT2D eigenvalue weighted by Crippen LogP contribution is 2.77. The van der Waals surface area contributed by atoms with Gasteiger partial charge in [0.2, 0.25) is 0 Å². The van der Waals surface area contributed by atoms with Crippen molar-refractivity contribution < 1.29 is 52.8 Å². The first-order chi connectivity index (χ1) is 23.0. The maximum atomic E-state index is 15.6. The van der Waals surface area contributed by atoms with Gasteiger partial charge in [0.1, 0.15) is 23.4 Å². The summed E-state index contributed by atoms with van der Waals surface area (Å²) in [5.41, 5.74) is -7.51. The number of benzene rings is 1. The topological polar surface area (TPSA) is 155 Å². The second-order valence-electron chi connectivity index (χ2n) is 14.9. The first-order valence-electron chi connectivity index (χ1n) is 17.3. The lowest BCUT2D eigenvalue weighted by Gasteiger charge is -2.77. The Morgan fingerprint density at radius 1 is 1.06 bits per heavy atom. The lowest BCUT2D eigenvalue weighted by Crippen LogP contribution is -2.90. The van der Waals surface area contributed by atoms with E-state index in [9.17, 15) is 24.6 Å². The number of esters is 3. The summed E-state index contributed by atoms with van der Waals surface area (Å²) in [6.07, 6.45) is -3.74. The molecule has 0 amide bonds. The Kier molecular flexibility index (Phi) is 8.51. The van der Waals surface area contributed by atoms with Gasteiger partial charge in [0.25, 0.3) is 0 Å². The van der Waals surface area contributed by atoms with E-state index in [2.05, 4.69) is 27.4 Å². The molecule has 11 nitrogen and oxygen atoms in total. The summed E-state index contributed by atoms with van der Waals surface area (Å²) >= 11 is 0. The number of rotatable bonds is 10. The average Bonchev–Trinajstić information content (AvgIpc) is 3.08. The normalized spacial score (nSPS) is 40.4. The molecule has 1 saturated heterocycles. The Morgan fingerprint density at radius 3 is 2.22 bits per heavy atom. The maximum absolute atomic E-state index is 15.6. The molecule has 1 unspecified atom stereocenters. The van der Waals surface area contributed by atoms with Crippen LogP contribution in [0.3, 0.4) is 0 Å². The van der Waals surface area contributed by atoms with E-state index in [1.807, 2.05) is 0 Å². The largest absolute Gasteiger partial charge is 0.455 e. The fraction of sp³-hybridized carbons (Fsp3) is 0.622. The van der Waals surface area contributed by atoms with Crippen LogP contribution in [-0.2, 0) is 37.8 Å². The number of ketones is 1. The van der Waals surface area contributed by atoms with Gasteiger partial charge in [0.05, 0.1) is 35.0 Å². The third-order valence-corrected chi connectivity index (χ3v) is 17.9. The molecule has 0 spiro atoms. The summed E-state index contributed by atoms with van der Waals surface area (Å²) in [6, 6.07) is 10.5. The van der Waals surface area contributed by atoms with Crippen molar-refractivity contribution in [1.29, 1.82) is 0 Å². The van der Waals surface area contributed by atoms with Gasteiger partial charge in [-0.15, -0.1) is 0 Å². The molecule has 4 fully saturated rings. The van der Waals surface area contributed by atoms with Crippen LogP contribution in [0.4, 0.5) is 0 Å². The fourth-order valence-corrected chi connectivity index (χ4v) is 13.0. The zero-order valence-corrected chi connectivity index (χ0v) is 30.4. The van der Waals surface area contributed by atoms with Crippen molar-refractivity contribution in [3.05, 3.63) is 59.7 Å². The van der Waals surface area contributed by atoms with E-state index >= 15 is 4.79 Å². The molecule has 10 atom stereocenters. The van der Waals surface area contributed by atoms with E-state index in [1.165, 1.54) is 6.92 Å². The molecule has 6 rings (SSSR count). The Bertz CT molecular complexity index is 1610. The highest BCUT2D eigenvalue weighted by molar-refractivity contribution is 6.73. The molecule has 4 aliphatic carbocycles. The van der Waals surface area contributed by atoms with Crippen LogP contribution in [0.5, 0.6) is 0 Å². The smallest absolute Gasteiger partial charge is 0.338 e. The van der Waals surface area contributed by atoms with Crippen molar-refractivity contribution in [3.63, 3.8) is 0 Å². The van der Waals surface area contributed by atoms with Gasteiger partial charge in [0.15, 0.2) is 25.8 Å². The Labute approximate surface area is 288 Å². The van der Waals surface area contributed by atoms with E-state index in [0.717, 1.165) is 24.2 Å². The zero-order chi connectivity index (χ0) is 35.9. The summed E-state index contributed by atoms with van der Waals surface area (Å²) in [6.45, 7) is 15.8. The lowest BCUT2D eigenvalue weighted by molar-refractivity contribution is -0.374. The summed E-state index contributed by atoms with van der Waals surface area (Å²) in [4.78, 5) is 55.5. The van der Waals surface area contributed by atoms with Gasteiger partial charge in [-0.1, -0.05) is 45.5 Å². The zero-order valence-electron chi connectivity index (χ0n) is 29.4. The molecular weight excluding hydrogens is 648 g/mol. The van der Waals surface area contributed by atoms with Crippen LogP contribution in [0.15, 0.2) is 54.1 Å². The van der Waals surface area contributed by atoms with Crippen LogP contribution in [0.2, 0.25) is 18.1 Å². The number of ether oxygens (including phenoxy) is 4. The van der Waals surface area contributed by atoms with Crippen molar-refractivity contribution in [1.82, 2.24) is 0 Å². The molecule has 5 aliphatic rings. The number of hydrogen-bond donors (Lipinski definition) is 2. The molecule has 0 radical (unpaired) electrons. The van der Waals surface area contributed by atoms with Crippen LogP contribution in [0.25, 0.3) is 0 Å². The van der Waals surface area contributed by atoms with Gasteiger partial charge in [-0.2, -0.15) is 0 Å². The van der Waals surface area contributed by atoms with Crippen molar-refractivity contribution in [3.8, 4) is 0 Å². The van der Waals surface area contributed by atoms with Crippen LogP contribution in [-0.4, -0.2) is 90.0 Å². The average molecular weight is 697 g/mol. The minimum Gasteiger partial charge on any atom is -0.455 e. The number of carbonyl (C=O) groups is 4. The van der Waals surface area contributed by atoms with Crippen molar-refractivity contribution in [2.45, 2.75) is 121 Å². The molecule has 3 saturated carbocycles. The number of Topliss-reactive ketones (excluding diaryl/α,β-unsaturated/α-hetero) is 1. The molecule has 0 bridgehead atoms. The molecule has 49 heavy (non-hydrogen) atoms. The number of hydrogen-bond acceptors (Lipinski definition) is 11. The molecule has 1 aromatic carbocycles. The predicted molar refractivity (Wildman–Crippen MR) is 179 cm³/mol. The molecule has 1 aromatic rings. The Morgan fingerprint density at radius 2 is 1.69 bits per heavy atom. The number of carbonyl (C=O) groups excluding carboxylic acids is 4. The first kappa shape index (κ1) is 35.7. The van der Waals surface area contributed by atoms with Crippen LogP contribution < -0.4 is 0 Å². The molecule has 12 heteroatoms. The summed E-state index contributed by atoms with van der Waals surface area (Å²) in [7, 11) is -2.48. The van der Waals surface area contributed by atoms with E-state index < -0.39 is 90.0 Å². The molecule has 1 heterocycles.